The second kappa shape index (κ2) is 2.91. The molecule has 2 rings (SSSR count). The predicted octanol–water partition coefficient (Wildman–Crippen LogP) is 2.58. The quantitative estimate of drug-likeness (QED) is 0.708. The van der Waals surface area contributed by atoms with Crippen molar-refractivity contribution in [1.82, 2.24) is 0 Å². The molecule has 64 valence electrons. The SMILES string of the molecule is C[C@@H](N)c1cccc(C2CC2)c1. The number of benzene rings is 1. The lowest BCUT2D eigenvalue weighted by atomic mass is 10.0. The molecule has 2 N–H and O–H groups in total. The van der Waals surface area contributed by atoms with Crippen molar-refractivity contribution < 1.29 is 0 Å². The van der Waals surface area contributed by atoms with Crippen LogP contribution in [0.15, 0.2) is 24.3 Å². The van der Waals surface area contributed by atoms with Gasteiger partial charge >= 0.3 is 0 Å². The minimum absolute atomic E-state index is 0.170. The summed E-state index contributed by atoms with van der Waals surface area (Å²) in [7, 11) is 0. The maximum atomic E-state index is 5.80. The zero-order valence-corrected chi connectivity index (χ0v) is 7.46. The summed E-state index contributed by atoms with van der Waals surface area (Å²) in [5, 5.41) is 0. The Hall–Kier alpha value is -0.820. The van der Waals surface area contributed by atoms with Gasteiger partial charge in [0, 0.05) is 6.04 Å². The second-order valence-electron chi connectivity index (χ2n) is 3.73. The Morgan fingerprint density at radius 2 is 2.17 bits per heavy atom. The third-order valence-electron chi connectivity index (χ3n) is 2.49. The highest BCUT2D eigenvalue weighted by molar-refractivity contribution is 5.30. The molecule has 0 saturated heterocycles. The monoisotopic (exact) mass is 161 g/mol. The molecule has 1 aromatic carbocycles. The zero-order chi connectivity index (χ0) is 8.55. The van der Waals surface area contributed by atoms with Crippen LogP contribution in [0.4, 0.5) is 0 Å². The lowest BCUT2D eigenvalue weighted by Gasteiger charge is -2.06. The first-order valence-corrected chi connectivity index (χ1v) is 4.63. The molecule has 0 aromatic heterocycles. The van der Waals surface area contributed by atoms with Crippen molar-refractivity contribution in [2.45, 2.75) is 31.7 Å². The molecule has 0 amide bonds. The molecule has 1 aromatic rings. The van der Waals surface area contributed by atoms with Crippen LogP contribution < -0.4 is 5.73 Å². The summed E-state index contributed by atoms with van der Waals surface area (Å²) in [6, 6.07) is 8.86. The van der Waals surface area contributed by atoms with Crippen LogP contribution in [-0.2, 0) is 0 Å². The fraction of sp³-hybridized carbons (Fsp3) is 0.455. The van der Waals surface area contributed by atoms with Crippen LogP contribution in [0.3, 0.4) is 0 Å². The number of hydrogen-bond acceptors (Lipinski definition) is 1. The Kier molecular flexibility index (Phi) is 1.89. The molecule has 1 saturated carbocycles. The van der Waals surface area contributed by atoms with Crippen LogP contribution in [0, 0.1) is 0 Å². The summed E-state index contributed by atoms with van der Waals surface area (Å²) in [6.07, 6.45) is 2.73. The molecule has 1 aliphatic carbocycles. The van der Waals surface area contributed by atoms with Crippen LogP contribution in [0.5, 0.6) is 0 Å². The molecule has 1 nitrogen and oxygen atoms in total. The number of nitrogens with two attached hydrogens (primary N) is 1. The predicted molar refractivity (Wildman–Crippen MR) is 51.0 cm³/mol. The molecule has 0 spiro atoms. The Labute approximate surface area is 73.6 Å². The van der Waals surface area contributed by atoms with E-state index in [0.717, 1.165) is 5.92 Å². The van der Waals surface area contributed by atoms with Gasteiger partial charge in [-0.05, 0) is 36.8 Å². The maximum Gasteiger partial charge on any atom is 0.0266 e. The highest BCUT2D eigenvalue weighted by atomic mass is 14.6. The van der Waals surface area contributed by atoms with Gasteiger partial charge in [0.25, 0.3) is 0 Å². The van der Waals surface area contributed by atoms with Crippen molar-refractivity contribution in [1.29, 1.82) is 0 Å². The fourth-order valence-corrected chi connectivity index (χ4v) is 1.51. The van der Waals surface area contributed by atoms with E-state index in [0.29, 0.717) is 0 Å². The summed E-state index contributed by atoms with van der Waals surface area (Å²) >= 11 is 0. The maximum absolute atomic E-state index is 5.80. The summed E-state index contributed by atoms with van der Waals surface area (Å²) < 4.78 is 0. The smallest absolute Gasteiger partial charge is 0.0266 e. The van der Waals surface area contributed by atoms with E-state index in [9.17, 15) is 0 Å². The van der Waals surface area contributed by atoms with Gasteiger partial charge in [0.2, 0.25) is 0 Å². The summed E-state index contributed by atoms with van der Waals surface area (Å²) in [4.78, 5) is 0. The van der Waals surface area contributed by atoms with Crippen LogP contribution in [0.2, 0.25) is 0 Å². The second-order valence-corrected chi connectivity index (χ2v) is 3.73. The lowest BCUT2D eigenvalue weighted by Crippen LogP contribution is -2.04. The van der Waals surface area contributed by atoms with Crippen molar-refractivity contribution in [2.24, 2.45) is 5.73 Å². The van der Waals surface area contributed by atoms with Gasteiger partial charge in [-0.25, -0.2) is 0 Å². The average Bonchev–Trinajstić information content (AvgIpc) is 2.87. The van der Waals surface area contributed by atoms with E-state index in [1.807, 2.05) is 6.92 Å². The van der Waals surface area contributed by atoms with E-state index in [4.69, 9.17) is 5.73 Å². The van der Waals surface area contributed by atoms with E-state index in [-0.39, 0.29) is 6.04 Å². The zero-order valence-electron chi connectivity index (χ0n) is 7.46. The third kappa shape index (κ3) is 1.51. The fourth-order valence-electron chi connectivity index (χ4n) is 1.51. The number of rotatable bonds is 2. The minimum Gasteiger partial charge on any atom is -0.324 e. The van der Waals surface area contributed by atoms with Gasteiger partial charge < -0.3 is 5.73 Å². The number of hydrogen-bond donors (Lipinski definition) is 1. The first-order chi connectivity index (χ1) is 5.77. The Morgan fingerprint density at radius 1 is 1.42 bits per heavy atom. The Bertz CT molecular complexity index is 257. The van der Waals surface area contributed by atoms with Crippen molar-refractivity contribution in [3.8, 4) is 0 Å². The van der Waals surface area contributed by atoms with Crippen molar-refractivity contribution in [2.75, 3.05) is 0 Å². The van der Waals surface area contributed by atoms with Crippen LogP contribution in [0.25, 0.3) is 0 Å². The first-order valence-electron chi connectivity index (χ1n) is 4.63. The van der Waals surface area contributed by atoms with Crippen molar-refractivity contribution in [3.05, 3.63) is 35.4 Å². The summed E-state index contributed by atoms with van der Waals surface area (Å²) in [6.45, 7) is 2.03. The molecular weight excluding hydrogens is 146 g/mol. The van der Waals surface area contributed by atoms with E-state index >= 15 is 0 Å². The van der Waals surface area contributed by atoms with E-state index in [1.54, 1.807) is 0 Å². The molecule has 0 bridgehead atoms. The van der Waals surface area contributed by atoms with Gasteiger partial charge in [-0.15, -0.1) is 0 Å². The standard InChI is InChI=1S/C11H15N/c1-8(12)10-3-2-4-11(7-10)9-5-6-9/h2-4,7-9H,5-6,12H2,1H3/t8-/m1/s1. The first kappa shape index (κ1) is 7.81. The largest absolute Gasteiger partial charge is 0.324 e. The van der Waals surface area contributed by atoms with Crippen molar-refractivity contribution >= 4 is 0 Å². The van der Waals surface area contributed by atoms with Crippen LogP contribution in [0.1, 0.15) is 42.9 Å². The molecular formula is C11H15N. The molecule has 0 heterocycles. The highest BCUT2D eigenvalue weighted by Gasteiger charge is 2.23. The molecule has 1 heteroatoms. The molecule has 0 unspecified atom stereocenters. The van der Waals surface area contributed by atoms with E-state index in [2.05, 4.69) is 24.3 Å². The van der Waals surface area contributed by atoms with Gasteiger partial charge in [-0.1, -0.05) is 24.3 Å². The average molecular weight is 161 g/mol. The molecule has 0 aliphatic heterocycles. The van der Waals surface area contributed by atoms with E-state index in [1.165, 1.54) is 24.0 Å². The van der Waals surface area contributed by atoms with Gasteiger partial charge in [0.1, 0.15) is 0 Å². The molecule has 0 radical (unpaired) electrons. The highest BCUT2D eigenvalue weighted by Crippen LogP contribution is 2.40. The minimum atomic E-state index is 0.170. The normalized spacial score (nSPS) is 19.2. The van der Waals surface area contributed by atoms with Gasteiger partial charge in [0.15, 0.2) is 0 Å². The van der Waals surface area contributed by atoms with Crippen LogP contribution in [-0.4, -0.2) is 0 Å². The molecule has 1 atom stereocenters. The van der Waals surface area contributed by atoms with Gasteiger partial charge in [0.05, 0.1) is 0 Å². The molecule has 1 aliphatic rings. The third-order valence-corrected chi connectivity index (χ3v) is 2.49. The Balaban J connectivity index is 2.26. The van der Waals surface area contributed by atoms with E-state index < -0.39 is 0 Å². The van der Waals surface area contributed by atoms with Crippen molar-refractivity contribution in [3.63, 3.8) is 0 Å². The summed E-state index contributed by atoms with van der Waals surface area (Å²) in [5.41, 5.74) is 8.54. The van der Waals surface area contributed by atoms with Gasteiger partial charge in [-0.2, -0.15) is 0 Å². The molecule has 1 fully saturated rings. The molecule has 12 heavy (non-hydrogen) atoms. The summed E-state index contributed by atoms with van der Waals surface area (Å²) in [5.74, 6) is 0.837. The topological polar surface area (TPSA) is 26.0 Å². The lowest BCUT2D eigenvalue weighted by molar-refractivity contribution is 0.815. The van der Waals surface area contributed by atoms with Crippen LogP contribution >= 0.6 is 0 Å². The van der Waals surface area contributed by atoms with Gasteiger partial charge in [-0.3, -0.25) is 0 Å². The Morgan fingerprint density at radius 3 is 2.75 bits per heavy atom.